The van der Waals surface area contributed by atoms with Crippen LogP contribution in [0.2, 0.25) is 0 Å². The summed E-state index contributed by atoms with van der Waals surface area (Å²) in [6, 6.07) is 15.8. The third-order valence-electron chi connectivity index (χ3n) is 6.09. The van der Waals surface area contributed by atoms with Gasteiger partial charge in [0.2, 0.25) is 5.91 Å². The molecule has 2 atom stereocenters. The summed E-state index contributed by atoms with van der Waals surface area (Å²) in [5.74, 6) is 0.841. The minimum atomic E-state index is -0.200. The summed E-state index contributed by atoms with van der Waals surface area (Å²) in [7, 11) is 0. The van der Waals surface area contributed by atoms with Crippen molar-refractivity contribution < 1.29 is 9.59 Å². The number of rotatable bonds is 5. The fourth-order valence-corrected chi connectivity index (χ4v) is 4.26. The molecule has 2 aromatic heterocycles. The normalized spacial score (nSPS) is 20.6. The van der Waals surface area contributed by atoms with Gasteiger partial charge in [-0.3, -0.25) is 9.59 Å². The summed E-state index contributed by atoms with van der Waals surface area (Å²) in [5, 5.41) is 3.85. The number of aryl methyl sites for hydroxylation is 1. The molecule has 1 saturated heterocycles. The molecule has 0 bridgehead atoms. The lowest BCUT2D eigenvalue weighted by molar-refractivity contribution is -0.138. The van der Waals surface area contributed by atoms with E-state index in [0.29, 0.717) is 42.8 Å². The second-order valence-corrected chi connectivity index (χ2v) is 8.43. The van der Waals surface area contributed by atoms with Crippen LogP contribution < -0.4 is 5.32 Å². The van der Waals surface area contributed by atoms with E-state index < -0.39 is 0 Å². The van der Waals surface area contributed by atoms with Crippen molar-refractivity contribution in [1.82, 2.24) is 20.2 Å². The lowest BCUT2D eigenvalue weighted by Crippen LogP contribution is -2.54. The van der Waals surface area contributed by atoms with Crippen LogP contribution in [0, 0.1) is 18.8 Å². The Morgan fingerprint density at radius 3 is 2.83 bits per heavy atom. The SMILES string of the molecule is Cc1cccc([C@@H]2C[C@H]2C(=O)N2CC(CNC(=O)c3ccc4cccnc4n3)C2)c1. The second-order valence-electron chi connectivity index (χ2n) is 8.43. The van der Waals surface area contributed by atoms with Crippen molar-refractivity contribution in [1.29, 1.82) is 0 Å². The van der Waals surface area contributed by atoms with Crippen LogP contribution >= 0.6 is 0 Å². The monoisotopic (exact) mass is 400 g/mol. The molecule has 152 valence electrons. The first-order valence-electron chi connectivity index (χ1n) is 10.4. The van der Waals surface area contributed by atoms with E-state index in [1.54, 1.807) is 12.3 Å². The van der Waals surface area contributed by atoms with E-state index in [4.69, 9.17) is 0 Å². The smallest absolute Gasteiger partial charge is 0.269 e. The molecule has 2 amide bonds. The zero-order valence-corrected chi connectivity index (χ0v) is 16.9. The average molecular weight is 400 g/mol. The van der Waals surface area contributed by atoms with Crippen LogP contribution in [-0.2, 0) is 4.79 Å². The molecule has 1 saturated carbocycles. The molecule has 2 aliphatic rings. The van der Waals surface area contributed by atoms with Gasteiger partial charge in [0.1, 0.15) is 5.69 Å². The number of carbonyl (C=O) groups excluding carboxylic acids is 2. The van der Waals surface area contributed by atoms with E-state index in [0.717, 1.165) is 11.8 Å². The van der Waals surface area contributed by atoms with Crippen LogP contribution in [-0.4, -0.2) is 46.3 Å². The van der Waals surface area contributed by atoms with E-state index in [-0.39, 0.29) is 17.7 Å². The van der Waals surface area contributed by atoms with Gasteiger partial charge >= 0.3 is 0 Å². The molecule has 0 spiro atoms. The third-order valence-corrected chi connectivity index (χ3v) is 6.09. The van der Waals surface area contributed by atoms with E-state index in [1.165, 1.54) is 11.1 Å². The maximum absolute atomic E-state index is 12.7. The molecule has 1 aromatic carbocycles. The van der Waals surface area contributed by atoms with Gasteiger partial charge in [-0.05, 0) is 49.1 Å². The molecule has 3 heterocycles. The molecule has 1 aliphatic heterocycles. The van der Waals surface area contributed by atoms with Crippen molar-refractivity contribution in [2.45, 2.75) is 19.3 Å². The predicted octanol–water partition coefficient (Wildman–Crippen LogP) is 2.93. The Bertz CT molecular complexity index is 1120. The molecular weight excluding hydrogens is 376 g/mol. The van der Waals surface area contributed by atoms with Crippen molar-refractivity contribution in [3.8, 4) is 0 Å². The Labute approximate surface area is 175 Å². The van der Waals surface area contributed by atoms with E-state index in [1.807, 2.05) is 23.1 Å². The number of amides is 2. The first-order valence-corrected chi connectivity index (χ1v) is 10.4. The second kappa shape index (κ2) is 7.52. The van der Waals surface area contributed by atoms with Crippen molar-refractivity contribution in [3.05, 3.63) is 71.5 Å². The molecule has 30 heavy (non-hydrogen) atoms. The van der Waals surface area contributed by atoms with Gasteiger partial charge in [0, 0.05) is 43.1 Å². The van der Waals surface area contributed by atoms with Gasteiger partial charge in [-0.2, -0.15) is 0 Å². The Balaban J connectivity index is 1.10. The number of pyridine rings is 2. The zero-order valence-electron chi connectivity index (χ0n) is 16.9. The maximum Gasteiger partial charge on any atom is 0.269 e. The van der Waals surface area contributed by atoms with Gasteiger partial charge in [-0.25, -0.2) is 9.97 Å². The molecular formula is C24H24N4O2. The fraction of sp³-hybridized carbons (Fsp3) is 0.333. The molecule has 0 radical (unpaired) electrons. The fourth-order valence-electron chi connectivity index (χ4n) is 4.26. The highest BCUT2D eigenvalue weighted by Crippen LogP contribution is 2.49. The van der Waals surface area contributed by atoms with Crippen LogP contribution in [0.15, 0.2) is 54.7 Å². The molecule has 3 aromatic rings. The Hall–Kier alpha value is -3.28. The largest absolute Gasteiger partial charge is 0.350 e. The molecule has 6 nitrogen and oxygen atoms in total. The van der Waals surface area contributed by atoms with Gasteiger partial charge in [-0.15, -0.1) is 0 Å². The number of carbonyl (C=O) groups is 2. The van der Waals surface area contributed by atoms with Gasteiger partial charge in [0.15, 0.2) is 5.65 Å². The first kappa shape index (κ1) is 18.7. The van der Waals surface area contributed by atoms with Crippen molar-refractivity contribution >= 4 is 22.8 Å². The number of fused-ring (bicyclic) bond motifs is 1. The van der Waals surface area contributed by atoms with E-state index in [9.17, 15) is 9.59 Å². The standard InChI is InChI=1S/C24H24N4O2/c1-15-4-2-5-18(10-15)19-11-20(19)24(30)28-13-16(14-28)12-26-23(29)21-8-7-17-6-3-9-25-22(17)27-21/h2-10,16,19-20H,11-14H2,1H3,(H,26,29)/t19-,20+/m0/s1. The predicted molar refractivity (Wildman–Crippen MR) is 114 cm³/mol. The number of hydrogen-bond donors (Lipinski definition) is 1. The molecule has 5 rings (SSSR count). The van der Waals surface area contributed by atoms with Gasteiger partial charge in [0.05, 0.1) is 0 Å². The minimum Gasteiger partial charge on any atom is -0.350 e. The van der Waals surface area contributed by atoms with E-state index >= 15 is 0 Å². The summed E-state index contributed by atoms with van der Waals surface area (Å²) in [6.45, 7) is 4.06. The summed E-state index contributed by atoms with van der Waals surface area (Å²) in [4.78, 5) is 35.6. The van der Waals surface area contributed by atoms with Crippen LogP contribution in [0.1, 0.15) is 34.0 Å². The van der Waals surface area contributed by atoms with Crippen LogP contribution in [0.5, 0.6) is 0 Å². The van der Waals surface area contributed by atoms with E-state index in [2.05, 4.69) is 46.5 Å². The van der Waals surface area contributed by atoms with Gasteiger partial charge in [-0.1, -0.05) is 29.8 Å². The van der Waals surface area contributed by atoms with Crippen LogP contribution in [0.25, 0.3) is 11.0 Å². The summed E-state index contributed by atoms with van der Waals surface area (Å²) < 4.78 is 0. The first-order chi connectivity index (χ1) is 14.6. The van der Waals surface area contributed by atoms with Gasteiger partial charge < -0.3 is 10.2 Å². The Morgan fingerprint density at radius 1 is 1.13 bits per heavy atom. The number of benzene rings is 1. The lowest BCUT2D eigenvalue weighted by atomic mass is 9.98. The van der Waals surface area contributed by atoms with Crippen molar-refractivity contribution in [3.63, 3.8) is 0 Å². The Kier molecular flexibility index (Phi) is 4.69. The number of aromatic nitrogens is 2. The zero-order chi connectivity index (χ0) is 20.7. The highest BCUT2D eigenvalue weighted by Gasteiger charge is 2.47. The number of likely N-dealkylation sites (tertiary alicyclic amines) is 1. The lowest BCUT2D eigenvalue weighted by Gasteiger charge is -2.39. The van der Waals surface area contributed by atoms with Crippen LogP contribution in [0.3, 0.4) is 0 Å². The van der Waals surface area contributed by atoms with Crippen molar-refractivity contribution in [2.24, 2.45) is 11.8 Å². The number of nitrogens with one attached hydrogen (secondary N) is 1. The summed E-state index contributed by atoms with van der Waals surface area (Å²) >= 11 is 0. The van der Waals surface area contributed by atoms with Crippen LogP contribution in [0.4, 0.5) is 0 Å². The molecule has 1 N–H and O–H groups in total. The van der Waals surface area contributed by atoms with Crippen molar-refractivity contribution in [2.75, 3.05) is 19.6 Å². The van der Waals surface area contributed by atoms with Gasteiger partial charge in [0.25, 0.3) is 5.91 Å². The quantitative estimate of drug-likeness (QED) is 0.715. The maximum atomic E-state index is 12.7. The molecule has 6 heteroatoms. The molecule has 2 fully saturated rings. The minimum absolute atomic E-state index is 0.122. The molecule has 0 unspecified atom stereocenters. The topological polar surface area (TPSA) is 75.2 Å². The summed E-state index contributed by atoms with van der Waals surface area (Å²) in [5.41, 5.74) is 3.45. The average Bonchev–Trinajstić information content (AvgIpc) is 3.53. The highest BCUT2D eigenvalue weighted by atomic mass is 16.2. The Morgan fingerprint density at radius 2 is 2.00 bits per heavy atom. The summed E-state index contributed by atoms with van der Waals surface area (Å²) in [6.07, 6.45) is 2.61. The number of nitrogens with zero attached hydrogens (tertiary/aromatic N) is 3. The highest BCUT2D eigenvalue weighted by molar-refractivity contribution is 5.94. The molecule has 1 aliphatic carbocycles. The number of hydrogen-bond acceptors (Lipinski definition) is 4. The third kappa shape index (κ3) is 3.65.